The van der Waals surface area contributed by atoms with Gasteiger partial charge in [-0.2, -0.15) is 0 Å². The molecule has 7 nitrogen and oxygen atoms in total. The van der Waals surface area contributed by atoms with Crippen molar-refractivity contribution >= 4 is 17.7 Å². The van der Waals surface area contributed by atoms with Crippen LogP contribution in [0.2, 0.25) is 0 Å². The zero-order chi connectivity index (χ0) is 29.1. The molecule has 0 radical (unpaired) electrons. The highest BCUT2D eigenvalue weighted by atomic mass is 16.2. The van der Waals surface area contributed by atoms with Crippen LogP contribution in [-0.2, 0) is 9.59 Å². The lowest BCUT2D eigenvalue weighted by Crippen LogP contribution is -2.46. The molecule has 0 fully saturated rings. The predicted molar refractivity (Wildman–Crippen MR) is 165 cm³/mol. The van der Waals surface area contributed by atoms with Crippen molar-refractivity contribution in [2.45, 2.75) is 71.3 Å². The van der Waals surface area contributed by atoms with E-state index in [1.54, 1.807) is 25.3 Å². The number of aromatic nitrogens is 1. The lowest BCUT2D eigenvalue weighted by atomic mass is 10.2. The number of amides is 3. The Hall–Kier alpha value is -4.00. The fraction of sp³-hybridized carbons (Fsp3) is 0.394. The van der Waals surface area contributed by atoms with Crippen LogP contribution in [0.1, 0.15) is 75.6 Å². The van der Waals surface area contributed by atoms with Gasteiger partial charge in [-0.25, -0.2) is 0 Å². The maximum atomic E-state index is 12.2. The number of pyridine rings is 1. The number of hydrogen-bond donors (Lipinski definition) is 3. The molecule has 0 aliphatic carbocycles. The highest BCUT2D eigenvalue weighted by Gasteiger charge is 2.14. The molecule has 0 aromatic carbocycles. The molecule has 40 heavy (non-hydrogen) atoms. The maximum absolute atomic E-state index is 12.2. The van der Waals surface area contributed by atoms with Crippen LogP contribution in [-0.4, -0.2) is 41.8 Å². The first-order valence-electron chi connectivity index (χ1n) is 14.2. The molecule has 1 heterocycles. The third-order valence-corrected chi connectivity index (χ3v) is 5.54. The fourth-order valence-corrected chi connectivity index (χ4v) is 3.35. The summed E-state index contributed by atoms with van der Waals surface area (Å²) in [5.41, 5.74) is 0.460. The molecule has 0 aliphatic rings. The van der Waals surface area contributed by atoms with E-state index in [4.69, 9.17) is 0 Å². The van der Waals surface area contributed by atoms with Gasteiger partial charge in [0.25, 0.3) is 5.91 Å². The topological polar surface area (TPSA) is 100 Å². The van der Waals surface area contributed by atoms with Gasteiger partial charge in [0.1, 0.15) is 6.04 Å². The van der Waals surface area contributed by atoms with E-state index in [9.17, 15) is 14.4 Å². The van der Waals surface area contributed by atoms with Crippen LogP contribution in [0.25, 0.3) is 0 Å². The third-order valence-electron chi connectivity index (χ3n) is 5.54. The summed E-state index contributed by atoms with van der Waals surface area (Å²) in [4.78, 5) is 40.1. The summed E-state index contributed by atoms with van der Waals surface area (Å²) in [6.07, 6.45) is 35.5. The summed E-state index contributed by atoms with van der Waals surface area (Å²) in [7, 11) is 0. The normalized spacial score (nSPS) is 12.8. The molecular weight excluding hydrogens is 500 g/mol. The van der Waals surface area contributed by atoms with Gasteiger partial charge in [-0.15, -0.1) is 0 Å². The van der Waals surface area contributed by atoms with Gasteiger partial charge in [0.2, 0.25) is 11.8 Å². The molecule has 1 atom stereocenters. The number of hydrogen-bond acceptors (Lipinski definition) is 4. The minimum atomic E-state index is -0.646. The second kappa shape index (κ2) is 24.1. The second-order valence-corrected chi connectivity index (χ2v) is 9.03. The predicted octanol–water partition coefficient (Wildman–Crippen LogP) is 5.91. The Labute approximate surface area is 240 Å². The van der Waals surface area contributed by atoms with Gasteiger partial charge < -0.3 is 16.0 Å². The minimum Gasteiger partial charge on any atom is -0.353 e. The quantitative estimate of drug-likeness (QED) is 0.140. The minimum absolute atomic E-state index is 0.174. The standard InChI is InChI=1S/C33H46N4O3/c1-3-4-5-6-7-8-9-10-11-12-13-14-15-16-17-18-19-20-21-24-31(38)37-29(2)32(39)35-26-27-36-33(40)30-23-22-25-34-28-30/h4-5,7-8,10-11,13-14,16-17,19-20,22-23,25,28-29H,3,6,9,12,15,18,21,24,26-27H2,1-2H3,(H,35,39)(H,36,40)(H,37,38)/t29-/m0/s1. The van der Waals surface area contributed by atoms with Crippen LogP contribution >= 0.6 is 0 Å². The number of allylic oxidation sites excluding steroid dienone is 12. The zero-order valence-electron chi connectivity index (χ0n) is 24.1. The first-order valence-corrected chi connectivity index (χ1v) is 14.2. The Morgan fingerprint density at radius 1 is 0.775 bits per heavy atom. The van der Waals surface area contributed by atoms with Gasteiger partial charge in [0.05, 0.1) is 5.56 Å². The third kappa shape index (κ3) is 19.1. The van der Waals surface area contributed by atoms with Crippen molar-refractivity contribution in [2.75, 3.05) is 13.1 Å². The van der Waals surface area contributed by atoms with E-state index in [0.29, 0.717) is 18.4 Å². The first kappa shape index (κ1) is 34.0. The van der Waals surface area contributed by atoms with E-state index < -0.39 is 6.04 Å². The van der Waals surface area contributed by atoms with Crippen LogP contribution in [0.15, 0.2) is 97.4 Å². The molecule has 1 rings (SSSR count). The van der Waals surface area contributed by atoms with E-state index in [-0.39, 0.29) is 30.8 Å². The van der Waals surface area contributed by atoms with E-state index in [1.165, 1.54) is 6.20 Å². The van der Waals surface area contributed by atoms with Gasteiger partial charge in [0, 0.05) is 31.9 Å². The van der Waals surface area contributed by atoms with Crippen LogP contribution < -0.4 is 16.0 Å². The molecule has 0 saturated carbocycles. The van der Waals surface area contributed by atoms with Crippen molar-refractivity contribution in [3.63, 3.8) is 0 Å². The molecular formula is C33H46N4O3. The Bertz CT molecular complexity index is 1020. The Morgan fingerprint density at radius 3 is 1.82 bits per heavy atom. The first-order chi connectivity index (χ1) is 19.5. The summed E-state index contributed by atoms with van der Waals surface area (Å²) in [5.74, 6) is -0.719. The van der Waals surface area contributed by atoms with Crippen LogP contribution in [0, 0.1) is 0 Å². The molecule has 0 bridgehead atoms. The van der Waals surface area contributed by atoms with Crippen molar-refractivity contribution in [1.29, 1.82) is 0 Å². The van der Waals surface area contributed by atoms with Gasteiger partial charge >= 0.3 is 0 Å². The Morgan fingerprint density at radius 2 is 1.30 bits per heavy atom. The molecule has 216 valence electrons. The van der Waals surface area contributed by atoms with Crippen LogP contribution in [0.3, 0.4) is 0 Å². The van der Waals surface area contributed by atoms with Crippen molar-refractivity contribution in [3.05, 3.63) is 103 Å². The van der Waals surface area contributed by atoms with Crippen molar-refractivity contribution in [2.24, 2.45) is 0 Å². The van der Waals surface area contributed by atoms with Crippen LogP contribution in [0.4, 0.5) is 0 Å². The number of carbonyl (C=O) groups excluding carboxylic acids is 3. The lowest BCUT2D eigenvalue weighted by molar-refractivity contribution is -0.128. The van der Waals surface area contributed by atoms with E-state index in [1.807, 2.05) is 12.2 Å². The SMILES string of the molecule is CCC=CCC=CCC=CCC=CCC=CCC=CCCC(=O)N[C@@H](C)C(=O)NCCNC(=O)c1cccnc1. The molecule has 1 aromatic rings. The Balaban J connectivity index is 2.04. The molecule has 3 N–H and O–H groups in total. The molecule has 3 amide bonds. The summed E-state index contributed by atoms with van der Waals surface area (Å²) >= 11 is 0. The van der Waals surface area contributed by atoms with Crippen molar-refractivity contribution in [1.82, 2.24) is 20.9 Å². The number of nitrogens with one attached hydrogen (secondary N) is 3. The second-order valence-electron chi connectivity index (χ2n) is 9.03. The largest absolute Gasteiger partial charge is 0.353 e. The maximum Gasteiger partial charge on any atom is 0.252 e. The van der Waals surface area contributed by atoms with Gasteiger partial charge in [-0.3, -0.25) is 19.4 Å². The number of rotatable bonds is 20. The summed E-state index contributed by atoms with van der Waals surface area (Å²) < 4.78 is 0. The summed E-state index contributed by atoms with van der Waals surface area (Å²) in [6, 6.07) is 2.70. The summed E-state index contributed by atoms with van der Waals surface area (Å²) in [5, 5.41) is 8.12. The van der Waals surface area contributed by atoms with Gasteiger partial charge in [-0.05, 0) is 64.0 Å². The highest BCUT2D eigenvalue weighted by Crippen LogP contribution is 1.98. The fourth-order valence-electron chi connectivity index (χ4n) is 3.35. The Kier molecular flexibility index (Phi) is 20.5. The average molecular weight is 547 g/mol. The average Bonchev–Trinajstić information content (AvgIpc) is 2.96. The summed E-state index contributed by atoms with van der Waals surface area (Å²) in [6.45, 7) is 4.33. The van der Waals surface area contributed by atoms with Gasteiger partial charge in [-0.1, -0.05) is 79.8 Å². The van der Waals surface area contributed by atoms with Crippen molar-refractivity contribution < 1.29 is 14.4 Å². The van der Waals surface area contributed by atoms with Crippen molar-refractivity contribution in [3.8, 4) is 0 Å². The van der Waals surface area contributed by atoms with E-state index in [2.05, 4.69) is 88.6 Å². The molecule has 0 aliphatic heterocycles. The number of carbonyl (C=O) groups is 3. The van der Waals surface area contributed by atoms with E-state index in [0.717, 1.165) is 38.5 Å². The molecule has 0 unspecified atom stereocenters. The zero-order valence-corrected chi connectivity index (χ0v) is 24.1. The highest BCUT2D eigenvalue weighted by molar-refractivity contribution is 5.93. The molecule has 7 heteroatoms. The molecule has 1 aromatic heterocycles. The number of nitrogens with zero attached hydrogens (tertiary/aromatic N) is 1. The lowest BCUT2D eigenvalue weighted by Gasteiger charge is -2.14. The monoisotopic (exact) mass is 546 g/mol. The van der Waals surface area contributed by atoms with Crippen LogP contribution in [0.5, 0.6) is 0 Å². The van der Waals surface area contributed by atoms with Gasteiger partial charge in [0.15, 0.2) is 0 Å². The smallest absolute Gasteiger partial charge is 0.252 e. The molecule has 0 spiro atoms. The molecule has 0 saturated heterocycles. The van der Waals surface area contributed by atoms with E-state index >= 15 is 0 Å².